The van der Waals surface area contributed by atoms with Crippen molar-refractivity contribution in [2.45, 2.75) is 71.6 Å². The molecule has 0 unspecified atom stereocenters. The van der Waals surface area contributed by atoms with Crippen molar-refractivity contribution < 1.29 is 23.8 Å². The molecule has 6 nitrogen and oxygen atoms in total. The maximum atomic E-state index is 11.7. The molecular formula is C16H31NO5. The smallest absolute Gasteiger partial charge is 0.325 e. The van der Waals surface area contributed by atoms with Crippen LogP contribution in [0.5, 0.6) is 0 Å². The molecule has 0 bridgehead atoms. The molecule has 1 N–H and O–H groups in total. The van der Waals surface area contributed by atoms with Crippen LogP contribution in [0.25, 0.3) is 0 Å². The van der Waals surface area contributed by atoms with Crippen LogP contribution in [0.1, 0.15) is 54.4 Å². The van der Waals surface area contributed by atoms with Crippen LogP contribution in [-0.2, 0) is 23.8 Å². The van der Waals surface area contributed by atoms with E-state index < -0.39 is 11.6 Å². The Morgan fingerprint density at radius 1 is 1.05 bits per heavy atom. The third kappa shape index (κ3) is 11.5. The van der Waals surface area contributed by atoms with Crippen LogP contribution in [0.2, 0.25) is 0 Å². The quantitative estimate of drug-likeness (QED) is 0.545. The molecule has 0 aliphatic heterocycles. The highest BCUT2D eigenvalue weighted by molar-refractivity contribution is 5.75. The number of esters is 2. The second-order valence-electron chi connectivity index (χ2n) is 7.14. The summed E-state index contributed by atoms with van der Waals surface area (Å²) in [6, 6.07) is -0.539. The van der Waals surface area contributed by atoms with E-state index in [1.54, 1.807) is 0 Å². The summed E-state index contributed by atoms with van der Waals surface area (Å²) in [7, 11) is 1.34. The zero-order valence-electron chi connectivity index (χ0n) is 14.9. The lowest BCUT2D eigenvalue weighted by molar-refractivity contribution is -0.154. The third-order valence-corrected chi connectivity index (χ3v) is 2.54. The van der Waals surface area contributed by atoms with Crippen molar-refractivity contribution in [1.29, 1.82) is 0 Å². The van der Waals surface area contributed by atoms with Gasteiger partial charge in [0.05, 0.1) is 19.3 Å². The molecule has 0 radical (unpaired) electrons. The van der Waals surface area contributed by atoms with Gasteiger partial charge in [-0.25, -0.2) is 0 Å². The average molecular weight is 317 g/mol. The van der Waals surface area contributed by atoms with E-state index >= 15 is 0 Å². The average Bonchev–Trinajstić information content (AvgIpc) is 2.33. The standard InChI is InChI=1S/C16H31NO5/c1-15(2,3)21-11-12(14(19)20-7)17-10-8-9-13(18)22-16(4,5)6/h12,17H,8-11H2,1-7H3/t12-/m1/s1. The summed E-state index contributed by atoms with van der Waals surface area (Å²) in [5.74, 6) is -0.614. The SMILES string of the molecule is COC(=O)[C@@H](COC(C)(C)C)NCCCC(=O)OC(C)(C)C. The molecule has 0 saturated heterocycles. The molecule has 0 spiro atoms. The Morgan fingerprint density at radius 3 is 2.09 bits per heavy atom. The summed E-state index contributed by atoms with van der Waals surface area (Å²) in [5, 5.41) is 3.05. The van der Waals surface area contributed by atoms with Gasteiger partial charge in [-0.1, -0.05) is 0 Å². The van der Waals surface area contributed by atoms with Gasteiger partial charge >= 0.3 is 11.9 Å². The lowest BCUT2D eigenvalue weighted by Crippen LogP contribution is -2.43. The number of hydrogen-bond donors (Lipinski definition) is 1. The maximum Gasteiger partial charge on any atom is 0.325 e. The van der Waals surface area contributed by atoms with Crippen molar-refractivity contribution in [1.82, 2.24) is 5.32 Å². The number of carbonyl (C=O) groups is 2. The first-order valence-electron chi connectivity index (χ1n) is 7.61. The highest BCUT2D eigenvalue weighted by Gasteiger charge is 2.22. The van der Waals surface area contributed by atoms with Crippen LogP contribution < -0.4 is 5.32 Å². The molecule has 0 heterocycles. The molecule has 0 aromatic rings. The highest BCUT2D eigenvalue weighted by Crippen LogP contribution is 2.09. The van der Waals surface area contributed by atoms with Gasteiger partial charge < -0.3 is 19.5 Å². The molecule has 0 fully saturated rings. The van der Waals surface area contributed by atoms with Crippen molar-refractivity contribution in [3.63, 3.8) is 0 Å². The zero-order chi connectivity index (χ0) is 17.4. The predicted molar refractivity (Wildman–Crippen MR) is 84.6 cm³/mol. The van der Waals surface area contributed by atoms with Gasteiger partial charge in [-0.2, -0.15) is 0 Å². The van der Waals surface area contributed by atoms with E-state index in [9.17, 15) is 9.59 Å². The van der Waals surface area contributed by atoms with E-state index in [1.165, 1.54) is 7.11 Å². The summed E-state index contributed by atoms with van der Waals surface area (Å²) >= 11 is 0. The van der Waals surface area contributed by atoms with Gasteiger partial charge in [0.15, 0.2) is 0 Å². The topological polar surface area (TPSA) is 73.9 Å². The number of carbonyl (C=O) groups excluding carboxylic acids is 2. The van der Waals surface area contributed by atoms with E-state index in [-0.39, 0.29) is 24.1 Å². The van der Waals surface area contributed by atoms with E-state index in [2.05, 4.69) is 5.32 Å². The van der Waals surface area contributed by atoms with Crippen LogP contribution in [0, 0.1) is 0 Å². The van der Waals surface area contributed by atoms with Crippen LogP contribution in [-0.4, -0.2) is 49.4 Å². The molecule has 6 heteroatoms. The van der Waals surface area contributed by atoms with E-state index in [0.29, 0.717) is 19.4 Å². The molecule has 130 valence electrons. The van der Waals surface area contributed by atoms with Gasteiger partial charge in [-0.15, -0.1) is 0 Å². The second-order valence-corrected chi connectivity index (χ2v) is 7.14. The van der Waals surface area contributed by atoms with Crippen molar-refractivity contribution in [3.05, 3.63) is 0 Å². The van der Waals surface area contributed by atoms with Gasteiger partial charge in [0.25, 0.3) is 0 Å². The second kappa shape index (κ2) is 9.10. The van der Waals surface area contributed by atoms with Crippen LogP contribution in [0.15, 0.2) is 0 Å². The molecule has 0 aromatic carbocycles. The normalized spacial score (nSPS) is 13.6. The summed E-state index contributed by atoms with van der Waals surface area (Å²) in [6.45, 7) is 12.0. The molecule has 22 heavy (non-hydrogen) atoms. The van der Waals surface area contributed by atoms with Crippen LogP contribution in [0.4, 0.5) is 0 Å². The number of rotatable bonds is 8. The van der Waals surface area contributed by atoms with Crippen molar-refractivity contribution >= 4 is 11.9 Å². The molecule has 0 aliphatic carbocycles. The lowest BCUT2D eigenvalue weighted by Gasteiger charge is -2.24. The molecular weight excluding hydrogens is 286 g/mol. The number of methoxy groups -OCH3 is 1. The molecule has 0 aliphatic rings. The molecule has 0 aromatic heterocycles. The summed E-state index contributed by atoms with van der Waals surface area (Å²) in [5.41, 5.74) is -0.802. The predicted octanol–water partition coefficient (Wildman–Crippen LogP) is 2.05. The summed E-state index contributed by atoms with van der Waals surface area (Å²) < 4.78 is 15.6. The number of ether oxygens (including phenoxy) is 3. The van der Waals surface area contributed by atoms with Crippen LogP contribution >= 0.6 is 0 Å². The Balaban J connectivity index is 4.14. The molecule has 0 rings (SSSR count). The minimum Gasteiger partial charge on any atom is -0.468 e. The minimum atomic E-state index is -0.539. The number of hydrogen-bond acceptors (Lipinski definition) is 6. The first-order valence-corrected chi connectivity index (χ1v) is 7.61. The summed E-state index contributed by atoms with van der Waals surface area (Å²) in [6.07, 6.45) is 0.885. The Kier molecular flexibility index (Phi) is 8.63. The van der Waals surface area contributed by atoms with Crippen molar-refractivity contribution in [2.24, 2.45) is 0 Å². The number of nitrogens with one attached hydrogen (secondary N) is 1. The Labute approximate surface area is 133 Å². The van der Waals surface area contributed by atoms with Gasteiger partial charge in [-0.05, 0) is 54.5 Å². The van der Waals surface area contributed by atoms with Gasteiger partial charge in [0.2, 0.25) is 0 Å². The van der Waals surface area contributed by atoms with E-state index in [1.807, 2.05) is 41.5 Å². The van der Waals surface area contributed by atoms with Gasteiger partial charge in [-0.3, -0.25) is 9.59 Å². The van der Waals surface area contributed by atoms with Crippen molar-refractivity contribution in [2.75, 3.05) is 20.3 Å². The fourth-order valence-electron chi connectivity index (χ4n) is 1.59. The fourth-order valence-corrected chi connectivity index (χ4v) is 1.59. The first kappa shape index (κ1) is 20.9. The summed E-state index contributed by atoms with van der Waals surface area (Å²) in [4.78, 5) is 23.3. The largest absolute Gasteiger partial charge is 0.468 e. The van der Waals surface area contributed by atoms with Gasteiger partial charge in [0.1, 0.15) is 11.6 Å². The Bertz CT molecular complexity index is 355. The molecule has 0 saturated carbocycles. The maximum absolute atomic E-state index is 11.7. The lowest BCUT2D eigenvalue weighted by atomic mass is 10.2. The van der Waals surface area contributed by atoms with Crippen LogP contribution in [0.3, 0.4) is 0 Å². The monoisotopic (exact) mass is 317 g/mol. The van der Waals surface area contributed by atoms with Gasteiger partial charge in [0, 0.05) is 6.42 Å². The minimum absolute atomic E-state index is 0.225. The first-order chi connectivity index (χ1) is 9.94. The fraction of sp³-hybridized carbons (Fsp3) is 0.875. The van der Waals surface area contributed by atoms with E-state index in [0.717, 1.165) is 0 Å². The Hall–Kier alpha value is -1.14. The molecule has 0 amide bonds. The zero-order valence-corrected chi connectivity index (χ0v) is 14.9. The van der Waals surface area contributed by atoms with Crippen molar-refractivity contribution in [3.8, 4) is 0 Å². The van der Waals surface area contributed by atoms with E-state index in [4.69, 9.17) is 14.2 Å². The molecule has 1 atom stereocenters. The Morgan fingerprint density at radius 2 is 1.64 bits per heavy atom. The third-order valence-electron chi connectivity index (χ3n) is 2.54. The highest BCUT2D eigenvalue weighted by atomic mass is 16.6.